The number of unbranched alkanes of at least 4 members (excludes halogenated alkanes) is 1. The van der Waals surface area contributed by atoms with E-state index in [2.05, 4.69) is 0 Å². The van der Waals surface area contributed by atoms with Gasteiger partial charge in [-0.1, -0.05) is 6.42 Å². The molecule has 1 aliphatic carbocycles. The first-order valence-electron chi connectivity index (χ1n) is 6.27. The smallest absolute Gasteiger partial charge is 0.168 e. The first kappa shape index (κ1) is 11.4. The van der Waals surface area contributed by atoms with Crippen molar-refractivity contribution in [2.75, 3.05) is 13.2 Å². The monoisotopic (exact) mass is 214 g/mol. The van der Waals surface area contributed by atoms with Gasteiger partial charge < -0.3 is 14.6 Å². The largest absolute Gasteiger partial charge is 0.396 e. The molecule has 15 heavy (non-hydrogen) atoms. The third-order valence-corrected chi connectivity index (χ3v) is 3.46. The summed E-state index contributed by atoms with van der Waals surface area (Å²) in [4.78, 5) is 0. The Balaban J connectivity index is 1.73. The molecule has 3 heteroatoms. The van der Waals surface area contributed by atoms with Gasteiger partial charge in [0.15, 0.2) is 5.79 Å². The molecular weight excluding hydrogens is 192 g/mol. The van der Waals surface area contributed by atoms with Crippen LogP contribution in [0.2, 0.25) is 0 Å². The van der Waals surface area contributed by atoms with Gasteiger partial charge in [0.1, 0.15) is 0 Å². The molecule has 1 atom stereocenters. The summed E-state index contributed by atoms with van der Waals surface area (Å²) in [5.74, 6) is -0.220. The predicted molar refractivity (Wildman–Crippen MR) is 57.6 cm³/mol. The SMILES string of the molecule is OCCCCC1COC2(CCCCC2)O1. The van der Waals surface area contributed by atoms with Crippen molar-refractivity contribution in [2.45, 2.75) is 63.3 Å². The minimum absolute atomic E-state index is 0.220. The normalized spacial score (nSPS) is 29.8. The maximum Gasteiger partial charge on any atom is 0.168 e. The van der Waals surface area contributed by atoms with E-state index < -0.39 is 0 Å². The van der Waals surface area contributed by atoms with Crippen LogP contribution in [0, 0.1) is 0 Å². The van der Waals surface area contributed by atoms with Gasteiger partial charge >= 0.3 is 0 Å². The van der Waals surface area contributed by atoms with Gasteiger partial charge in [0.2, 0.25) is 0 Å². The second-order valence-corrected chi connectivity index (χ2v) is 4.74. The third-order valence-electron chi connectivity index (χ3n) is 3.46. The fraction of sp³-hybridized carbons (Fsp3) is 1.00. The van der Waals surface area contributed by atoms with Gasteiger partial charge in [0.05, 0.1) is 12.7 Å². The van der Waals surface area contributed by atoms with Gasteiger partial charge in [-0.05, 0) is 32.1 Å². The zero-order valence-corrected chi connectivity index (χ0v) is 9.41. The molecule has 1 heterocycles. The van der Waals surface area contributed by atoms with Gasteiger partial charge in [-0.25, -0.2) is 0 Å². The lowest BCUT2D eigenvalue weighted by atomic mass is 9.94. The van der Waals surface area contributed by atoms with Gasteiger partial charge in [-0.2, -0.15) is 0 Å². The molecule has 0 aromatic heterocycles. The van der Waals surface area contributed by atoms with Crippen molar-refractivity contribution in [1.82, 2.24) is 0 Å². The minimum Gasteiger partial charge on any atom is -0.396 e. The van der Waals surface area contributed by atoms with Crippen LogP contribution in [0.1, 0.15) is 51.4 Å². The average molecular weight is 214 g/mol. The first-order chi connectivity index (χ1) is 7.35. The standard InChI is InChI=1S/C12H22O3/c13-9-5-2-6-11-10-14-12(15-11)7-3-1-4-8-12/h11,13H,1-10H2. The Labute approximate surface area is 91.8 Å². The Kier molecular flexibility index (Phi) is 4.00. The van der Waals surface area contributed by atoms with Crippen molar-refractivity contribution < 1.29 is 14.6 Å². The molecular formula is C12H22O3. The second kappa shape index (κ2) is 5.28. The Morgan fingerprint density at radius 3 is 2.67 bits per heavy atom. The van der Waals surface area contributed by atoms with Crippen molar-refractivity contribution >= 4 is 0 Å². The summed E-state index contributed by atoms with van der Waals surface area (Å²) in [5.41, 5.74) is 0. The molecule has 0 bridgehead atoms. The highest BCUT2D eigenvalue weighted by atomic mass is 16.7. The van der Waals surface area contributed by atoms with E-state index in [1.54, 1.807) is 0 Å². The van der Waals surface area contributed by atoms with Gasteiger partial charge in [-0.15, -0.1) is 0 Å². The molecule has 1 saturated carbocycles. The number of aliphatic hydroxyl groups is 1. The van der Waals surface area contributed by atoms with E-state index in [1.807, 2.05) is 0 Å². The maximum atomic E-state index is 8.71. The van der Waals surface area contributed by atoms with Crippen LogP contribution in [-0.2, 0) is 9.47 Å². The molecule has 0 radical (unpaired) electrons. The second-order valence-electron chi connectivity index (χ2n) is 4.74. The summed E-state index contributed by atoms with van der Waals surface area (Å²) < 4.78 is 11.9. The predicted octanol–water partition coefficient (Wildman–Crippen LogP) is 2.22. The molecule has 2 rings (SSSR count). The molecule has 1 spiro atoms. The van der Waals surface area contributed by atoms with Crippen molar-refractivity contribution in [3.63, 3.8) is 0 Å². The van der Waals surface area contributed by atoms with E-state index in [0.29, 0.717) is 6.61 Å². The highest BCUT2D eigenvalue weighted by Gasteiger charge is 2.41. The molecule has 2 fully saturated rings. The highest BCUT2D eigenvalue weighted by molar-refractivity contribution is 4.82. The quantitative estimate of drug-likeness (QED) is 0.729. The third kappa shape index (κ3) is 2.92. The van der Waals surface area contributed by atoms with E-state index in [4.69, 9.17) is 14.6 Å². The Hall–Kier alpha value is -0.120. The summed E-state index contributed by atoms with van der Waals surface area (Å²) >= 11 is 0. The van der Waals surface area contributed by atoms with Gasteiger partial charge in [-0.3, -0.25) is 0 Å². The van der Waals surface area contributed by atoms with Gasteiger partial charge in [0, 0.05) is 19.4 Å². The molecule has 0 aromatic carbocycles. The Bertz CT molecular complexity index is 185. The van der Waals surface area contributed by atoms with Crippen molar-refractivity contribution in [3.05, 3.63) is 0 Å². The fourth-order valence-corrected chi connectivity index (χ4v) is 2.60. The molecule has 88 valence electrons. The molecule has 2 aliphatic rings. The maximum absolute atomic E-state index is 8.71. The van der Waals surface area contributed by atoms with E-state index in [1.165, 1.54) is 19.3 Å². The molecule has 3 nitrogen and oxygen atoms in total. The average Bonchev–Trinajstić information content (AvgIpc) is 2.63. The Morgan fingerprint density at radius 2 is 1.93 bits per heavy atom. The lowest BCUT2D eigenvalue weighted by Gasteiger charge is -2.31. The van der Waals surface area contributed by atoms with Crippen LogP contribution >= 0.6 is 0 Å². The van der Waals surface area contributed by atoms with Crippen LogP contribution in [0.5, 0.6) is 0 Å². The lowest BCUT2D eigenvalue weighted by molar-refractivity contribution is -0.187. The van der Waals surface area contributed by atoms with Crippen molar-refractivity contribution in [2.24, 2.45) is 0 Å². The summed E-state index contributed by atoms with van der Waals surface area (Å²) in [6.07, 6.45) is 9.17. The molecule has 1 N–H and O–H groups in total. The highest BCUT2D eigenvalue weighted by Crippen LogP contribution is 2.38. The topological polar surface area (TPSA) is 38.7 Å². The van der Waals surface area contributed by atoms with Crippen LogP contribution in [0.15, 0.2) is 0 Å². The van der Waals surface area contributed by atoms with E-state index >= 15 is 0 Å². The Morgan fingerprint density at radius 1 is 1.13 bits per heavy atom. The summed E-state index contributed by atoms with van der Waals surface area (Å²) in [5, 5.41) is 8.71. The summed E-state index contributed by atoms with van der Waals surface area (Å²) in [7, 11) is 0. The molecule has 1 unspecified atom stereocenters. The van der Waals surface area contributed by atoms with Crippen LogP contribution in [-0.4, -0.2) is 30.2 Å². The van der Waals surface area contributed by atoms with Crippen LogP contribution in [0.4, 0.5) is 0 Å². The number of rotatable bonds is 4. The molecule has 0 amide bonds. The van der Waals surface area contributed by atoms with Crippen LogP contribution < -0.4 is 0 Å². The zero-order chi connectivity index (χ0) is 10.6. The van der Waals surface area contributed by atoms with Crippen LogP contribution in [0.3, 0.4) is 0 Å². The van der Waals surface area contributed by atoms with Crippen molar-refractivity contribution in [1.29, 1.82) is 0 Å². The summed E-state index contributed by atoms with van der Waals surface area (Å²) in [6, 6.07) is 0. The fourth-order valence-electron chi connectivity index (χ4n) is 2.60. The summed E-state index contributed by atoms with van der Waals surface area (Å²) in [6.45, 7) is 1.05. The number of hydrogen-bond donors (Lipinski definition) is 1. The van der Waals surface area contributed by atoms with Crippen molar-refractivity contribution in [3.8, 4) is 0 Å². The zero-order valence-electron chi connectivity index (χ0n) is 9.41. The molecule has 1 saturated heterocycles. The number of ether oxygens (including phenoxy) is 2. The van der Waals surface area contributed by atoms with E-state index in [0.717, 1.165) is 38.7 Å². The van der Waals surface area contributed by atoms with E-state index in [9.17, 15) is 0 Å². The number of hydrogen-bond acceptors (Lipinski definition) is 3. The number of aliphatic hydroxyl groups excluding tert-OH is 1. The minimum atomic E-state index is -0.220. The molecule has 1 aliphatic heterocycles. The van der Waals surface area contributed by atoms with Gasteiger partial charge in [0.25, 0.3) is 0 Å². The van der Waals surface area contributed by atoms with Crippen LogP contribution in [0.25, 0.3) is 0 Å². The first-order valence-corrected chi connectivity index (χ1v) is 6.27. The molecule has 0 aromatic rings. The lowest BCUT2D eigenvalue weighted by Crippen LogP contribution is -2.33. The van der Waals surface area contributed by atoms with E-state index in [-0.39, 0.29) is 11.9 Å².